The summed E-state index contributed by atoms with van der Waals surface area (Å²) in [4.78, 5) is 23.7. The topological polar surface area (TPSA) is 55.3 Å². The Labute approximate surface area is 149 Å². The number of piperidine rings is 1. The second-order valence-corrected chi connectivity index (χ2v) is 6.71. The predicted octanol–water partition coefficient (Wildman–Crippen LogP) is 1.13. The molecule has 0 spiro atoms. The van der Waals surface area contributed by atoms with E-state index in [2.05, 4.69) is 27.0 Å². The molecule has 25 heavy (non-hydrogen) atoms. The number of hydrogen-bond acceptors (Lipinski definition) is 5. The Morgan fingerprint density at radius 3 is 2.44 bits per heavy atom. The Hall–Kier alpha value is -2.37. The van der Waals surface area contributed by atoms with Crippen LogP contribution in [0, 0.1) is 5.41 Å². The summed E-state index contributed by atoms with van der Waals surface area (Å²) in [6.07, 6.45) is 5.88. The molecule has 0 amide bonds. The molecule has 0 bridgehead atoms. The van der Waals surface area contributed by atoms with Crippen molar-refractivity contribution in [2.45, 2.75) is 26.2 Å². The van der Waals surface area contributed by atoms with Gasteiger partial charge in [0, 0.05) is 25.5 Å². The summed E-state index contributed by atoms with van der Waals surface area (Å²) in [6, 6.07) is 10.2. The average Bonchev–Trinajstić information content (AvgIpc) is 2.64. The second kappa shape index (κ2) is 7.68. The number of hydrogen-bond donors (Lipinski definition) is 0. The number of rotatable bonds is 5. The lowest BCUT2D eigenvalue weighted by Crippen LogP contribution is -2.47. The first-order chi connectivity index (χ1) is 12.1. The number of ether oxygens (including phenoxy) is 1. The molecule has 3 rings (SSSR count). The van der Waals surface area contributed by atoms with E-state index in [4.69, 9.17) is 4.74 Å². The van der Waals surface area contributed by atoms with Crippen LogP contribution < -0.4 is 10.4 Å². The van der Waals surface area contributed by atoms with Crippen molar-refractivity contribution in [2.24, 2.45) is 5.41 Å². The standard InChI is InChI=1S/C19H24BN3O2/c1-2-25-17(24)19(12-15-6-4-3-5-7-15)8-10-23(11-9-19)18-21-13-16(20)14-22-18/h3-7,13-14H,2,8-12,20H2,1H3. The summed E-state index contributed by atoms with van der Waals surface area (Å²) in [5, 5.41) is 0. The van der Waals surface area contributed by atoms with Crippen LogP contribution in [0.1, 0.15) is 25.3 Å². The fraction of sp³-hybridized carbons (Fsp3) is 0.421. The Morgan fingerprint density at radius 1 is 1.20 bits per heavy atom. The van der Waals surface area contributed by atoms with Crippen molar-refractivity contribution in [3.05, 3.63) is 48.3 Å². The summed E-state index contributed by atoms with van der Waals surface area (Å²) in [5.74, 6) is 0.658. The van der Waals surface area contributed by atoms with Crippen LogP contribution in [0.5, 0.6) is 0 Å². The fourth-order valence-electron chi connectivity index (χ4n) is 3.41. The van der Waals surface area contributed by atoms with E-state index in [-0.39, 0.29) is 5.97 Å². The zero-order valence-corrected chi connectivity index (χ0v) is 14.9. The van der Waals surface area contributed by atoms with E-state index in [1.807, 2.05) is 45.4 Å². The molecule has 1 aliphatic heterocycles. The first-order valence-corrected chi connectivity index (χ1v) is 8.88. The fourth-order valence-corrected chi connectivity index (χ4v) is 3.41. The van der Waals surface area contributed by atoms with Gasteiger partial charge < -0.3 is 9.64 Å². The third-order valence-electron chi connectivity index (χ3n) is 4.86. The van der Waals surface area contributed by atoms with Crippen molar-refractivity contribution < 1.29 is 9.53 Å². The highest BCUT2D eigenvalue weighted by molar-refractivity contribution is 6.31. The number of benzene rings is 1. The Balaban J connectivity index is 1.76. The Morgan fingerprint density at radius 2 is 1.84 bits per heavy atom. The maximum Gasteiger partial charge on any atom is 0.312 e. The molecule has 0 aliphatic carbocycles. The van der Waals surface area contributed by atoms with Gasteiger partial charge >= 0.3 is 5.97 Å². The smallest absolute Gasteiger partial charge is 0.312 e. The Bertz CT molecular complexity index is 698. The molecule has 0 radical (unpaired) electrons. The molecule has 5 nitrogen and oxygen atoms in total. The molecule has 1 aromatic carbocycles. The molecule has 1 saturated heterocycles. The summed E-state index contributed by atoms with van der Waals surface area (Å²) in [6.45, 7) is 3.80. The summed E-state index contributed by atoms with van der Waals surface area (Å²) in [7, 11) is 1.98. The molecule has 0 N–H and O–H groups in total. The average molecular weight is 337 g/mol. The summed E-state index contributed by atoms with van der Waals surface area (Å²) in [5.41, 5.74) is 1.76. The van der Waals surface area contributed by atoms with Gasteiger partial charge in [0.05, 0.1) is 12.0 Å². The lowest BCUT2D eigenvalue weighted by Gasteiger charge is -2.40. The molecule has 130 valence electrons. The molecule has 0 unspecified atom stereocenters. The van der Waals surface area contributed by atoms with Crippen LogP contribution >= 0.6 is 0 Å². The maximum atomic E-state index is 12.7. The van der Waals surface area contributed by atoms with Gasteiger partial charge in [-0.15, -0.1) is 0 Å². The van der Waals surface area contributed by atoms with Crippen molar-refractivity contribution in [1.82, 2.24) is 9.97 Å². The highest BCUT2D eigenvalue weighted by Gasteiger charge is 2.43. The first-order valence-electron chi connectivity index (χ1n) is 8.88. The monoisotopic (exact) mass is 337 g/mol. The van der Waals surface area contributed by atoms with Crippen LogP contribution in [0.3, 0.4) is 0 Å². The maximum absolute atomic E-state index is 12.7. The van der Waals surface area contributed by atoms with Gasteiger partial charge in [-0.2, -0.15) is 0 Å². The Kier molecular flexibility index (Phi) is 5.36. The van der Waals surface area contributed by atoms with Crippen LogP contribution in [0.2, 0.25) is 0 Å². The normalized spacial score (nSPS) is 16.4. The van der Waals surface area contributed by atoms with Crippen molar-refractivity contribution in [1.29, 1.82) is 0 Å². The quantitative estimate of drug-likeness (QED) is 0.605. The molecule has 1 aromatic heterocycles. The second-order valence-electron chi connectivity index (χ2n) is 6.71. The highest BCUT2D eigenvalue weighted by atomic mass is 16.5. The van der Waals surface area contributed by atoms with Gasteiger partial charge in [-0.3, -0.25) is 4.79 Å². The predicted molar refractivity (Wildman–Crippen MR) is 101 cm³/mol. The lowest BCUT2D eigenvalue weighted by atomic mass is 9.73. The number of carbonyl (C=O) groups excluding carboxylic acids is 1. The van der Waals surface area contributed by atoms with E-state index in [1.165, 1.54) is 5.56 Å². The van der Waals surface area contributed by atoms with Gasteiger partial charge in [0.2, 0.25) is 5.95 Å². The number of nitrogens with zero attached hydrogens (tertiary/aromatic N) is 3. The van der Waals surface area contributed by atoms with Crippen molar-refractivity contribution >= 4 is 25.2 Å². The minimum absolute atomic E-state index is 0.0803. The minimum atomic E-state index is -0.460. The molecule has 0 saturated carbocycles. The van der Waals surface area contributed by atoms with Gasteiger partial charge in [-0.25, -0.2) is 9.97 Å². The minimum Gasteiger partial charge on any atom is -0.466 e. The molecule has 2 aromatic rings. The van der Waals surface area contributed by atoms with Crippen molar-refractivity contribution in [3.63, 3.8) is 0 Å². The largest absolute Gasteiger partial charge is 0.466 e. The zero-order valence-electron chi connectivity index (χ0n) is 14.9. The van der Waals surface area contributed by atoms with Crippen molar-refractivity contribution in [2.75, 3.05) is 24.6 Å². The summed E-state index contributed by atoms with van der Waals surface area (Å²) < 4.78 is 5.42. The van der Waals surface area contributed by atoms with E-state index in [0.29, 0.717) is 6.61 Å². The van der Waals surface area contributed by atoms with E-state index >= 15 is 0 Å². The van der Waals surface area contributed by atoms with Crippen molar-refractivity contribution in [3.8, 4) is 0 Å². The van der Waals surface area contributed by atoms with Crippen LogP contribution in [-0.4, -0.2) is 43.5 Å². The first kappa shape index (κ1) is 17.5. The molecule has 1 fully saturated rings. The van der Waals surface area contributed by atoms with E-state index < -0.39 is 5.41 Å². The molecule has 6 heteroatoms. The van der Waals surface area contributed by atoms with E-state index in [0.717, 1.165) is 43.8 Å². The van der Waals surface area contributed by atoms with Gasteiger partial charge in [0.25, 0.3) is 0 Å². The third kappa shape index (κ3) is 4.01. The number of anilines is 1. The van der Waals surface area contributed by atoms with Gasteiger partial charge in [0.15, 0.2) is 0 Å². The number of esters is 1. The number of aromatic nitrogens is 2. The van der Waals surface area contributed by atoms with Gasteiger partial charge in [0.1, 0.15) is 7.85 Å². The lowest BCUT2D eigenvalue weighted by molar-refractivity contribution is -0.156. The molecular formula is C19H24BN3O2. The number of carbonyl (C=O) groups is 1. The van der Waals surface area contributed by atoms with Crippen LogP contribution in [0.15, 0.2) is 42.7 Å². The molecule has 2 heterocycles. The SMILES string of the molecule is Bc1cnc(N2CCC(Cc3ccccc3)(C(=O)OCC)CC2)nc1. The van der Waals surface area contributed by atoms with Gasteiger partial charge in [-0.05, 0) is 31.7 Å². The highest BCUT2D eigenvalue weighted by Crippen LogP contribution is 2.37. The third-order valence-corrected chi connectivity index (χ3v) is 4.86. The summed E-state index contributed by atoms with van der Waals surface area (Å²) >= 11 is 0. The van der Waals surface area contributed by atoms with E-state index in [9.17, 15) is 4.79 Å². The zero-order chi connectivity index (χ0) is 17.7. The van der Waals surface area contributed by atoms with E-state index in [1.54, 1.807) is 0 Å². The molecule has 0 atom stereocenters. The van der Waals surface area contributed by atoms with Crippen LogP contribution in [0.25, 0.3) is 0 Å². The molecule has 1 aliphatic rings. The van der Waals surface area contributed by atoms with Crippen LogP contribution in [-0.2, 0) is 16.0 Å². The van der Waals surface area contributed by atoms with Crippen LogP contribution in [0.4, 0.5) is 5.95 Å². The molecular weight excluding hydrogens is 313 g/mol. The van der Waals surface area contributed by atoms with Gasteiger partial charge in [-0.1, -0.05) is 35.8 Å².